The van der Waals surface area contributed by atoms with Gasteiger partial charge in [0, 0.05) is 18.3 Å². The molecule has 1 saturated heterocycles. The first-order valence-electron chi connectivity index (χ1n) is 6.88. The van der Waals surface area contributed by atoms with Crippen LogP contribution in [0.2, 0.25) is 0 Å². The smallest absolute Gasteiger partial charge is 0.0359 e. The molecule has 0 saturated carbocycles. The van der Waals surface area contributed by atoms with Crippen LogP contribution in [-0.2, 0) is 6.54 Å². The SMILES string of the molecule is CCCC1CCCCN1Cc1ccccc1N. The van der Waals surface area contributed by atoms with E-state index in [1.165, 1.54) is 44.2 Å². The van der Waals surface area contributed by atoms with Crippen molar-refractivity contribution >= 4 is 5.69 Å². The van der Waals surface area contributed by atoms with Crippen LogP contribution in [0.4, 0.5) is 5.69 Å². The highest BCUT2D eigenvalue weighted by Crippen LogP contribution is 2.24. The molecule has 17 heavy (non-hydrogen) atoms. The van der Waals surface area contributed by atoms with Gasteiger partial charge in [-0.25, -0.2) is 0 Å². The van der Waals surface area contributed by atoms with E-state index < -0.39 is 0 Å². The number of nitrogens with two attached hydrogens (primary N) is 1. The van der Waals surface area contributed by atoms with Crippen LogP contribution in [0.5, 0.6) is 0 Å². The van der Waals surface area contributed by atoms with E-state index in [2.05, 4.69) is 24.0 Å². The van der Waals surface area contributed by atoms with Crippen LogP contribution in [0.25, 0.3) is 0 Å². The minimum Gasteiger partial charge on any atom is -0.398 e. The van der Waals surface area contributed by atoms with Crippen molar-refractivity contribution in [2.24, 2.45) is 0 Å². The van der Waals surface area contributed by atoms with Gasteiger partial charge in [-0.15, -0.1) is 0 Å². The fourth-order valence-electron chi connectivity index (χ4n) is 2.83. The van der Waals surface area contributed by atoms with Gasteiger partial charge in [0.05, 0.1) is 0 Å². The molecule has 1 aromatic rings. The van der Waals surface area contributed by atoms with Crippen molar-refractivity contribution in [1.82, 2.24) is 4.90 Å². The van der Waals surface area contributed by atoms with Gasteiger partial charge < -0.3 is 5.73 Å². The van der Waals surface area contributed by atoms with E-state index in [0.29, 0.717) is 0 Å². The largest absolute Gasteiger partial charge is 0.398 e. The molecule has 94 valence electrons. The maximum atomic E-state index is 6.03. The van der Waals surface area contributed by atoms with Crippen molar-refractivity contribution in [3.63, 3.8) is 0 Å². The molecule has 2 N–H and O–H groups in total. The number of para-hydroxylation sites is 1. The summed E-state index contributed by atoms with van der Waals surface area (Å²) in [5.41, 5.74) is 8.26. The number of nitrogen functional groups attached to an aromatic ring is 1. The lowest BCUT2D eigenvalue weighted by molar-refractivity contribution is 0.132. The van der Waals surface area contributed by atoms with Crippen molar-refractivity contribution in [2.45, 2.75) is 51.6 Å². The van der Waals surface area contributed by atoms with Crippen LogP contribution < -0.4 is 5.73 Å². The van der Waals surface area contributed by atoms with Crippen LogP contribution in [0.3, 0.4) is 0 Å². The lowest BCUT2D eigenvalue weighted by Crippen LogP contribution is -2.38. The molecule has 0 bridgehead atoms. The zero-order valence-electron chi connectivity index (χ0n) is 10.9. The third-order valence-corrected chi connectivity index (χ3v) is 3.80. The number of anilines is 1. The van der Waals surface area contributed by atoms with Crippen LogP contribution in [0.1, 0.15) is 44.6 Å². The average molecular weight is 232 g/mol. The topological polar surface area (TPSA) is 29.3 Å². The molecule has 1 aliphatic rings. The normalized spacial score (nSPS) is 21.6. The summed E-state index contributed by atoms with van der Waals surface area (Å²) in [6.07, 6.45) is 6.71. The van der Waals surface area contributed by atoms with Gasteiger partial charge in [-0.05, 0) is 37.4 Å². The summed E-state index contributed by atoms with van der Waals surface area (Å²) in [5.74, 6) is 0. The lowest BCUT2D eigenvalue weighted by Gasteiger charge is -2.36. The third kappa shape index (κ3) is 3.22. The number of benzene rings is 1. The van der Waals surface area contributed by atoms with Crippen molar-refractivity contribution in [3.05, 3.63) is 29.8 Å². The van der Waals surface area contributed by atoms with Gasteiger partial charge in [-0.2, -0.15) is 0 Å². The Kier molecular flexibility index (Phi) is 4.43. The third-order valence-electron chi connectivity index (χ3n) is 3.80. The zero-order chi connectivity index (χ0) is 12.1. The molecular formula is C15H24N2. The number of nitrogens with zero attached hydrogens (tertiary/aromatic N) is 1. The van der Waals surface area contributed by atoms with Crippen LogP contribution in [-0.4, -0.2) is 17.5 Å². The molecule has 1 unspecified atom stereocenters. The monoisotopic (exact) mass is 232 g/mol. The van der Waals surface area contributed by atoms with E-state index in [9.17, 15) is 0 Å². The summed E-state index contributed by atoms with van der Waals surface area (Å²) < 4.78 is 0. The molecule has 0 spiro atoms. The molecular weight excluding hydrogens is 208 g/mol. The Morgan fingerprint density at radius 1 is 1.29 bits per heavy atom. The maximum Gasteiger partial charge on any atom is 0.0359 e. The Balaban J connectivity index is 2.03. The molecule has 0 radical (unpaired) electrons. The molecule has 0 amide bonds. The van der Waals surface area contributed by atoms with Gasteiger partial charge in [-0.3, -0.25) is 4.90 Å². The first-order valence-corrected chi connectivity index (χ1v) is 6.88. The van der Waals surface area contributed by atoms with E-state index in [-0.39, 0.29) is 0 Å². The van der Waals surface area contributed by atoms with Crippen LogP contribution in [0, 0.1) is 0 Å². The molecule has 1 aliphatic heterocycles. The van der Waals surface area contributed by atoms with Crippen molar-refractivity contribution in [1.29, 1.82) is 0 Å². The summed E-state index contributed by atoms with van der Waals surface area (Å²) >= 11 is 0. The summed E-state index contributed by atoms with van der Waals surface area (Å²) in [6, 6.07) is 9.04. The van der Waals surface area contributed by atoms with Gasteiger partial charge in [0.25, 0.3) is 0 Å². The minimum atomic E-state index is 0.772. The first kappa shape index (κ1) is 12.4. The Labute approximate surface area is 105 Å². The second kappa shape index (κ2) is 6.06. The predicted molar refractivity (Wildman–Crippen MR) is 73.8 cm³/mol. The van der Waals surface area contributed by atoms with Crippen molar-refractivity contribution < 1.29 is 0 Å². The van der Waals surface area contributed by atoms with Crippen molar-refractivity contribution in [2.75, 3.05) is 12.3 Å². The second-order valence-electron chi connectivity index (χ2n) is 5.11. The fraction of sp³-hybridized carbons (Fsp3) is 0.600. The van der Waals surface area contributed by atoms with Gasteiger partial charge in [0.1, 0.15) is 0 Å². The van der Waals surface area contributed by atoms with E-state index in [0.717, 1.165) is 18.3 Å². The predicted octanol–water partition coefficient (Wildman–Crippen LogP) is 3.42. The van der Waals surface area contributed by atoms with E-state index >= 15 is 0 Å². The quantitative estimate of drug-likeness (QED) is 0.806. The standard InChI is InChI=1S/C15H24N2/c1-2-7-14-9-5-6-11-17(14)12-13-8-3-4-10-15(13)16/h3-4,8,10,14H,2,5-7,9,11-12,16H2,1H3. The summed E-state index contributed by atoms with van der Waals surface area (Å²) in [7, 11) is 0. The highest BCUT2D eigenvalue weighted by Gasteiger charge is 2.21. The molecule has 1 atom stereocenters. The Hall–Kier alpha value is -1.02. The van der Waals surface area contributed by atoms with Gasteiger partial charge in [0.2, 0.25) is 0 Å². The molecule has 2 nitrogen and oxygen atoms in total. The van der Waals surface area contributed by atoms with E-state index in [1.807, 2.05) is 12.1 Å². The highest BCUT2D eigenvalue weighted by atomic mass is 15.2. The van der Waals surface area contributed by atoms with Crippen LogP contribution >= 0.6 is 0 Å². The zero-order valence-corrected chi connectivity index (χ0v) is 10.9. The fourth-order valence-corrected chi connectivity index (χ4v) is 2.83. The number of piperidine rings is 1. The molecule has 2 heteroatoms. The van der Waals surface area contributed by atoms with Crippen LogP contribution in [0.15, 0.2) is 24.3 Å². The molecule has 2 rings (SSSR count). The Bertz CT molecular complexity index is 347. The molecule has 1 aromatic carbocycles. The molecule has 0 aliphatic carbocycles. The number of hydrogen-bond acceptors (Lipinski definition) is 2. The molecule has 1 fully saturated rings. The van der Waals surface area contributed by atoms with Crippen molar-refractivity contribution in [3.8, 4) is 0 Å². The second-order valence-corrected chi connectivity index (χ2v) is 5.11. The minimum absolute atomic E-state index is 0.772. The summed E-state index contributed by atoms with van der Waals surface area (Å²) in [4.78, 5) is 2.62. The van der Waals surface area contributed by atoms with E-state index in [1.54, 1.807) is 0 Å². The van der Waals surface area contributed by atoms with E-state index in [4.69, 9.17) is 5.73 Å². The Morgan fingerprint density at radius 2 is 2.12 bits per heavy atom. The Morgan fingerprint density at radius 3 is 2.88 bits per heavy atom. The molecule has 1 heterocycles. The number of hydrogen-bond donors (Lipinski definition) is 1. The van der Waals surface area contributed by atoms with Gasteiger partial charge in [-0.1, -0.05) is 38.0 Å². The lowest BCUT2D eigenvalue weighted by atomic mass is 9.97. The average Bonchev–Trinajstić information content (AvgIpc) is 2.35. The highest BCUT2D eigenvalue weighted by molar-refractivity contribution is 5.46. The van der Waals surface area contributed by atoms with Gasteiger partial charge in [0.15, 0.2) is 0 Å². The number of rotatable bonds is 4. The first-order chi connectivity index (χ1) is 8.31. The van der Waals surface area contributed by atoms with Gasteiger partial charge >= 0.3 is 0 Å². The summed E-state index contributed by atoms with van der Waals surface area (Å²) in [6.45, 7) is 4.54. The summed E-state index contributed by atoms with van der Waals surface area (Å²) in [5, 5.41) is 0. The molecule has 0 aromatic heterocycles. The number of likely N-dealkylation sites (tertiary alicyclic amines) is 1. The maximum absolute atomic E-state index is 6.03.